The molecule has 0 saturated heterocycles. The highest BCUT2D eigenvalue weighted by molar-refractivity contribution is 5.93. The lowest BCUT2D eigenvalue weighted by Crippen LogP contribution is -2.10. The molecule has 0 atom stereocenters. The van der Waals surface area contributed by atoms with Crippen molar-refractivity contribution in [2.45, 2.75) is 6.54 Å². The molecule has 5 heteroatoms. The topological polar surface area (TPSA) is 72.9 Å². The van der Waals surface area contributed by atoms with Crippen LogP contribution in [0.3, 0.4) is 0 Å². The normalized spacial score (nSPS) is 10.4. The number of aromatic nitrogens is 2. The highest BCUT2D eigenvalue weighted by Crippen LogP contribution is 2.12. The molecule has 0 radical (unpaired) electrons. The first-order chi connectivity index (χ1) is 10.7. The summed E-state index contributed by atoms with van der Waals surface area (Å²) < 4.78 is 1.84. The second-order valence-corrected chi connectivity index (χ2v) is 4.92. The van der Waals surface area contributed by atoms with Gasteiger partial charge in [0.25, 0.3) is 0 Å². The summed E-state index contributed by atoms with van der Waals surface area (Å²) in [5.41, 5.74) is 8.75. The van der Waals surface area contributed by atoms with E-state index >= 15 is 0 Å². The van der Waals surface area contributed by atoms with Gasteiger partial charge in [-0.2, -0.15) is 5.10 Å². The lowest BCUT2D eigenvalue weighted by Gasteiger charge is -2.05. The number of carbonyl (C=O) groups is 1. The number of para-hydroxylation sites is 1. The van der Waals surface area contributed by atoms with Crippen molar-refractivity contribution in [1.82, 2.24) is 9.78 Å². The highest BCUT2D eigenvalue weighted by atomic mass is 16.1. The average Bonchev–Trinajstić information content (AvgIpc) is 3.03. The Hall–Kier alpha value is -3.08. The summed E-state index contributed by atoms with van der Waals surface area (Å²) in [7, 11) is 0. The van der Waals surface area contributed by atoms with Crippen molar-refractivity contribution >= 4 is 11.6 Å². The van der Waals surface area contributed by atoms with Crippen LogP contribution in [0.2, 0.25) is 0 Å². The van der Waals surface area contributed by atoms with Crippen LogP contribution < -0.4 is 11.1 Å². The minimum atomic E-state index is -0.421. The molecular weight excluding hydrogens is 276 g/mol. The highest BCUT2D eigenvalue weighted by Gasteiger charge is 2.02. The van der Waals surface area contributed by atoms with Gasteiger partial charge in [-0.3, -0.25) is 4.79 Å². The van der Waals surface area contributed by atoms with Gasteiger partial charge in [-0.1, -0.05) is 18.2 Å². The monoisotopic (exact) mass is 292 g/mol. The zero-order valence-corrected chi connectivity index (χ0v) is 11.9. The number of anilines is 1. The standard InChI is InChI=1S/C17H16N4O/c18-17(22)14-6-8-15(9-7-14)19-10-13-11-20-21(12-13)16-4-2-1-3-5-16/h1-9,11-12,19H,10H2,(H2,18,22). The largest absolute Gasteiger partial charge is 0.381 e. The Morgan fingerprint density at radius 1 is 1.09 bits per heavy atom. The van der Waals surface area contributed by atoms with Gasteiger partial charge in [-0.25, -0.2) is 4.68 Å². The van der Waals surface area contributed by atoms with E-state index in [1.54, 1.807) is 12.1 Å². The average molecular weight is 292 g/mol. The van der Waals surface area contributed by atoms with Crippen LogP contribution in [0.15, 0.2) is 67.0 Å². The van der Waals surface area contributed by atoms with Crippen LogP contribution in [0.1, 0.15) is 15.9 Å². The lowest BCUT2D eigenvalue weighted by molar-refractivity contribution is 0.100. The SMILES string of the molecule is NC(=O)c1ccc(NCc2cnn(-c3ccccc3)c2)cc1. The molecule has 1 amide bonds. The summed E-state index contributed by atoms with van der Waals surface area (Å²) in [6.45, 7) is 0.656. The summed E-state index contributed by atoms with van der Waals surface area (Å²) in [4.78, 5) is 11.0. The van der Waals surface area contributed by atoms with Crippen LogP contribution in [0, 0.1) is 0 Å². The first-order valence-corrected chi connectivity index (χ1v) is 6.95. The van der Waals surface area contributed by atoms with Crippen molar-refractivity contribution in [2.24, 2.45) is 5.73 Å². The van der Waals surface area contributed by atoms with Gasteiger partial charge in [0.2, 0.25) is 5.91 Å². The zero-order valence-electron chi connectivity index (χ0n) is 11.9. The van der Waals surface area contributed by atoms with E-state index in [4.69, 9.17) is 5.73 Å². The number of carbonyl (C=O) groups excluding carboxylic acids is 1. The minimum absolute atomic E-state index is 0.421. The summed E-state index contributed by atoms with van der Waals surface area (Å²) in [5, 5.41) is 7.64. The van der Waals surface area contributed by atoms with E-state index in [2.05, 4.69) is 10.4 Å². The number of rotatable bonds is 5. The van der Waals surface area contributed by atoms with Crippen LogP contribution in [-0.2, 0) is 6.54 Å². The van der Waals surface area contributed by atoms with Crippen molar-refractivity contribution in [3.05, 3.63) is 78.1 Å². The number of hydrogen-bond donors (Lipinski definition) is 2. The Balaban J connectivity index is 1.65. The fraction of sp³-hybridized carbons (Fsp3) is 0.0588. The maximum absolute atomic E-state index is 11.0. The van der Waals surface area contributed by atoms with Crippen molar-refractivity contribution in [3.8, 4) is 5.69 Å². The molecule has 2 aromatic carbocycles. The molecule has 0 aliphatic rings. The van der Waals surface area contributed by atoms with Gasteiger partial charge in [-0.15, -0.1) is 0 Å². The Labute approximate surface area is 128 Å². The van der Waals surface area contributed by atoms with Crippen LogP contribution >= 0.6 is 0 Å². The Bertz CT molecular complexity index is 763. The number of nitrogens with two attached hydrogens (primary N) is 1. The molecule has 0 aliphatic heterocycles. The molecule has 0 spiro atoms. The van der Waals surface area contributed by atoms with Gasteiger partial charge < -0.3 is 11.1 Å². The molecule has 22 heavy (non-hydrogen) atoms. The van der Waals surface area contributed by atoms with E-state index in [1.807, 2.05) is 59.5 Å². The molecule has 0 bridgehead atoms. The molecule has 110 valence electrons. The van der Waals surface area contributed by atoms with Gasteiger partial charge in [0.15, 0.2) is 0 Å². The van der Waals surface area contributed by atoms with E-state index in [-0.39, 0.29) is 0 Å². The number of hydrogen-bond acceptors (Lipinski definition) is 3. The smallest absolute Gasteiger partial charge is 0.248 e. The third-order valence-corrected chi connectivity index (χ3v) is 3.32. The molecular formula is C17H16N4O. The third kappa shape index (κ3) is 3.15. The molecule has 0 saturated carbocycles. The van der Waals surface area contributed by atoms with E-state index in [9.17, 15) is 4.79 Å². The van der Waals surface area contributed by atoms with E-state index in [0.717, 1.165) is 16.9 Å². The number of nitrogens with one attached hydrogen (secondary N) is 1. The van der Waals surface area contributed by atoms with Crippen molar-refractivity contribution < 1.29 is 4.79 Å². The fourth-order valence-electron chi connectivity index (χ4n) is 2.13. The minimum Gasteiger partial charge on any atom is -0.381 e. The predicted octanol–water partition coefficient (Wildman–Crippen LogP) is 2.58. The maximum atomic E-state index is 11.0. The van der Waals surface area contributed by atoms with Crippen LogP contribution in [-0.4, -0.2) is 15.7 Å². The summed E-state index contributed by atoms with van der Waals surface area (Å²) >= 11 is 0. The molecule has 3 rings (SSSR count). The Morgan fingerprint density at radius 2 is 1.82 bits per heavy atom. The first kappa shape index (κ1) is 13.9. The summed E-state index contributed by atoms with van der Waals surface area (Å²) in [5.74, 6) is -0.421. The van der Waals surface area contributed by atoms with Crippen molar-refractivity contribution in [1.29, 1.82) is 0 Å². The van der Waals surface area contributed by atoms with Gasteiger partial charge in [-0.05, 0) is 36.4 Å². The van der Waals surface area contributed by atoms with Gasteiger partial charge in [0.05, 0.1) is 11.9 Å². The zero-order chi connectivity index (χ0) is 15.4. The summed E-state index contributed by atoms with van der Waals surface area (Å²) in [6, 6.07) is 17.0. The molecule has 0 unspecified atom stereocenters. The molecule has 1 heterocycles. The van der Waals surface area contributed by atoms with E-state index in [0.29, 0.717) is 12.1 Å². The Morgan fingerprint density at radius 3 is 2.50 bits per heavy atom. The number of nitrogens with zero attached hydrogens (tertiary/aromatic N) is 2. The molecule has 0 aliphatic carbocycles. The number of amides is 1. The Kier molecular flexibility index (Phi) is 3.87. The molecule has 0 fully saturated rings. The van der Waals surface area contributed by atoms with Gasteiger partial charge in [0.1, 0.15) is 0 Å². The number of benzene rings is 2. The van der Waals surface area contributed by atoms with Crippen LogP contribution in [0.25, 0.3) is 5.69 Å². The summed E-state index contributed by atoms with van der Waals surface area (Å²) in [6.07, 6.45) is 3.82. The molecule has 3 N–H and O–H groups in total. The van der Waals surface area contributed by atoms with Crippen molar-refractivity contribution in [2.75, 3.05) is 5.32 Å². The lowest BCUT2D eigenvalue weighted by atomic mass is 10.2. The second kappa shape index (κ2) is 6.13. The molecule has 1 aromatic heterocycles. The van der Waals surface area contributed by atoms with Crippen molar-refractivity contribution in [3.63, 3.8) is 0 Å². The van der Waals surface area contributed by atoms with Crippen LogP contribution in [0.4, 0.5) is 5.69 Å². The molecule has 3 aromatic rings. The maximum Gasteiger partial charge on any atom is 0.248 e. The second-order valence-electron chi connectivity index (χ2n) is 4.92. The first-order valence-electron chi connectivity index (χ1n) is 6.95. The van der Waals surface area contributed by atoms with Gasteiger partial charge >= 0.3 is 0 Å². The predicted molar refractivity (Wildman–Crippen MR) is 85.9 cm³/mol. The molecule has 5 nitrogen and oxygen atoms in total. The van der Waals surface area contributed by atoms with Gasteiger partial charge in [0, 0.05) is 29.6 Å². The van der Waals surface area contributed by atoms with E-state index in [1.165, 1.54) is 0 Å². The third-order valence-electron chi connectivity index (χ3n) is 3.32. The fourth-order valence-corrected chi connectivity index (χ4v) is 2.13. The quantitative estimate of drug-likeness (QED) is 0.759. The van der Waals surface area contributed by atoms with Crippen LogP contribution in [0.5, 0.6) is 0 Å². The number of primary amides is 1. The van der Waals surface area contributed by atoms with E-state index < -0.39 is 5.91 Å².